The standard InChI is InChI=1S/C15H23BrN2O/c1-11(2)18-10-12(16)9-14(18)15(19)17-13-7-5-3-4-6-8-13/h9-11,13H,3-8H2,1-2H3,(H,17,19). The van der Waals surface area contributed by atoms with E-state index in [1.165, 1.54) is 25.7 Å². The summed E-state index contributed by atoms with van der Waals surface area (Å²) in [4.78, 5) is 12.4. The Morgan fingerprint density at radius 2 is 1.95 bits per heavy atom. The highest BCUT2D eigenvalue weighted by Gasteiger charge is 2.19. The van der Waals surface area contributed by atoms with Gasteiger partial charge in [-0.15, -0.1) is 0 Å². The van der Waals surface area contributed by atoms with Crippen molar-refractivity contribution in [1.29, 1.82) is 0 Å². The van der Waals surface area contributed by atoms with Crippen LogP contribution in [0.2, 0.25) is 0 Å². The molecule has 0 bridgehead atoms. The largest absolute Gasteiger partial charge is 0.348 e. The first-order chi connectivity index (χ1) is 9.08. The van der Waals surface area contributed by atoms with Crippen molar-refractivity contribution in [2.24, 2.45) is 0 Å². The van der Waals surface area contributed by atoms with Gasteiger partial charge in [0.05, 0.1) is 0 Å². The van der Waals surface area contributed by atoms with Gasteiger partial charge in [-0.2, -0.15) is 0 Å². The number of carbonyl (C=O) groups is 1. The lowest BCUT2D eigenvalue weighted by molar-refractivity contribution is 0.0922. The highest BCUT2D eigenvalue weighted by atomic mass is 79.9. The summed E-state index contributed by atoms with van der Waals surface area (Å²) in [6, 6.07) is 2.55. The zero-order valence-electron chi connectivity index (χ0n) is 11.8. The first-order valence-corrected chi connectivity index (χ1v) is 8.05. The van der Waals surface area contributed by atoms with Crippen LogP contribution in [0, 0.1) is 0 Å². The molecule has 0 atom stereocenters. The molecule has 2 rings (SSSR count). The SMILES string of the molecule is CC(C)n1cc(Br)cc1C(=O)NC1CCCCCC1. The molecule has 1 aromatic rings. The second kappa shape index (κ2) is 6.60. The third kappa shape index (κ3) is 3.85. The minimum absolute atomic E-state index is 0.0614. The molecule has 1 aromatic heterocycles. The van der Waals surface area contributed by atoms with Crippen LogP contribution in [-0.4, -0.2) is 16.5 Å². The molecular weight excluding hydrogens is 304 g/mol. The molecule has 1 heterocycles. The van der Waals surface area contributed by atoms with Crippen molar-refractivity contribution in [3.8, 4) is 0 Å². The molecular formula is C15H23BrN2O. The third-order valence-electron chi connectivity index (χ3n) is 3.79. The number of nitrogens with zero attached hydrogens (tertiary/aromatic N) is 1. The monoisotopic (exact) mass is 326 g/mol. The van der Waals surface area contributed by atoms with Gasteiger partial charge in [-0.25, -0.2) is 0 Å². The number of hydrogen-bond donors (Lipinski definition) is 1. The van der Waals surface area contributed by atoms with Crippen molar-refractivity contribution in [3.63, 3.8) is 0 Å². The molecule has 3 nitrogen and oxygen atoms in total. The molecule has 1 N–H and O–H groups in total. The van der Waals surface area contributed by atoms with Crippen LogP contribution in [0.3, 0.4) is 0 Å². The lowest BCUT2D eigenvalue weighted by Gasteiger charge is -2.18. The van der Waals surface area contributed by atoms with Crippen molar-refractivity contribution >= 4 is 21.8 Å². The first-order valence-electron chi connectivity index (χ1n) is 7.26. The van der Waals surface area contributed by atoms with Gasteiger partial charge in [0.25, 0.3) is 5.91 Å². The van der Waals surface area contributed by atoms with Crippen molar-refractivity contribution < 1.29 is 4.79 Å². The van der Waals surface area contributed by atoms with E-state index in [1.54, 1.807) is 0 Å². The normalized spacial score (nSPS) is 17.5. The van der Waals surface area contributed by atoms with Gasteiger partial charge in [0.15, 0.2) is 0 Å². The highest BCUT2D eigenvalue weighted by Crippen LogP contribution is 2.21. The van der Waals surface area contributed by atoms with E-state index < -0.39 is 0 Å². The predicted octanol–water partition coefficient (Wildman–Crippen LogP) is 4.28. The van der Waals surface area contributed by atoms with Crippen LogP contribution in [0.15, 0.2) is 16.7 Å². The van der Waals surface area contributed by atoms with Gasteiger partial charge in [0.1, 0.15) is 5.69 Å². The van der Waals surface area contributed by atoms with Crippen LogP contribution in [0.4, 0.5) is 0 Å². The average Bonchev–Trinajstić information content (AvgIpc) is 2.58. The lowest BCUT2D eigenvalue weighted by atomic mass is 10.1. The lowest BCUT2D eigenvalue weighted by Crippen LogP contribution is -2.35. The topological polar surface area (TPSA) is 34.0 Å². The second-order valence-corrected chi connectivity index (χ2v) is 6.62. The quantitative estimate of drug-likeness (QED) is 0.826. The maximum Gasteiger partial charge on any atom is 0.268 e. The van der Waals surface area contributed by atoms with Crippen molar-refractivity contribution in [3.05, 3.63) is 22.4 Å². The van der Waals surface area contributed by atoms with Gasteiger partial charge in [-0.05, 0) is 48.7 Å². The summed E-state index contributed by atoms with van der Waals surface area (Å²) in [6.07, 6.45) is 9.30. The molecule has 1 saturated carbocycles. The number of amides is 1. The van der Waals surface area contributed by atoms with Crippen LogP contribution >= 0.6 is 15.9 Å². The minimum Gasteiger partial charge on any atom is -0.348 e. The first kappa shape index (κ1) is 14.6. The van der Waals surface area contributed by atoms with Crippen molar-refractivity contribution in [2.45, 2.75) is 64.5 Å². The molecule has 0 radical (unpaired) electrons. The maximum atomic E-state index is 12.4. The van der Waals surface area contributed by atoms with Gasteiger partial charge >= 0.3 is 0 Å². The van der Waals surface area contributed by atoms with Gasteiger partial charge in [-0.3, -0.25) is 4.79 Å². The van der Waals surface area contributed by atoms with Gasteiger partial charge in [0.2, 0.25) is 0 Å². The van der Waals surface area contributed by atoms with E-state index in [0.29, 0.717) is 12.1 Å². The number of aromatic nitrogens is 1. The van der Waals surface area contributed by atoms with Gasteiger partial charge < -0.3 is 9.88 Å². The predicted molar refractivity (Wildman–Crippen MR) is 81.5 cm³/mol. The Balaban J connectivity index is 2.06. The average molecular weight is 327 g/mol. The molecule has 19 heavy (non-hydrogen) atoms. The van der Waals surface area contributed by atoms with E-state index in [2.05, 4.69) is 35.1 Å². The fraction of sp³-hybridized carbons (Fsp3) is 0.667. The Morgan fingerprint density at radius 1 is 1.32 bits per heavy atom. The summed E-state index contributed by atoms with van der Waals surface area (Å²) in [6.45, 7) is 4.18. The summed E-state index contributed by atoms with van der Waals surface area (Å²) in [5.41, 5.74) is 0.756. The molecule has 0 unspecified atom stereocenters. The van der Waals surface area contributed by atoms with E-state index >= 15 is 0 Å². The molecule has 1 amide bonds. The Morgan fingerprint density at radius 3 is 2.53 bits per heavy atom. The zero-order chi connectivity index (χ0) is 13.8. The number of hydrogen-bond acceptors (Lipinski definition) is 1. The highest BCUT2D eigenvalue weighted by molar-refractivity contribution is 9.10. The van der Waals surface area contributed by atoms with E-state index in [-0.39, 0.29) is 5.91 Å². The van der Waals surface area contributed by atoms with Crippen LogP contribution in [0.5, 0.6) is 0 Å². The smallest absolute Gasteiger partial charge is 0.268 e. The molecule has 0 aliphatic heterocycles. The Labute approximate surface area is 123 Å². The molecule has 1 fully saturated rings. The molecule has 1 aliphatic rings. The van der Waals surface area contributed by atoms with Crippen molar-refractivity contribution in [2.75, 3.05) is 0 Å². The summed E-state index contributed by atoms with van der Waals surface area (Å²) in [5.74, 6) is 0.0614. The van der Waals surface area contributed by atoms with E-state index in [0.717, 1.165) is 23.0 Å². The van der Waals surface area contributed by atoms with E-state index in [4.69, 9.17) is 0 Å². The number of carbonyl (C=O) groups excluding carboxylic acids is 1. The van der Waals surface area contributed by atoms with E-state index in [1.807, 2.05) is 16.8 Å². The zero-order valence-corrected chi connectivity index (χ0v) is 13.4. The maximum absolute atomic E-state index is 12.4. The van der Waals surface area contributed by atoms with Crippen LogP contribution < -0.4 is 5.32 Å². The fourth-order valence-corrected chi connectivity index (χ4v) is 3.18. The Hall–Kier alpha value is -0.770. The number of halogens is 1. The summed E-state index contributed by atoms with van der Waals surface area (Å²) < 4.78 is 2.99. The molecule has 0 saturated heterocycles. The number of nitrogens with one attached hydrogen (secondary N) is 1. The van der Waals surface area contributed by atoms with Gasteiger partial charge in [-0.1, -0.05) is 25.7 Å². The van der Waals surface area contributed by atoms with Gasteiger partial charge in [0, 0.05) is 22.8 Å². The van der Waals surface area contributed by atoms with Crippen LogP contribution in [-0.2, 0) is 0 Å². The summed E-state index contributed by atoms with van der Waals surface area (Å²) >= 11 is 3.46. The summed E-state index contributed by atoms with van der Waals surface area (Å²) in [5, 5.41) is 3.20. The van der Waals surface area contributed by atoms with E-state index in [9.17, 15) is 4.79 Å². The second-order valence-electron chi connectivity index (χ2n) is 5.71. The van der Waals surface area contributed by atoms with Crippen molar-refractivity contribution in [1.82, 2.24) is 9.88 Å². The van der Waals surface area contributed by atoms with Crippen LogP contribution in [0.1, 0.15) is 68.9 Å². The fourth-order valence-electron chi connectivity index (χ4n) is 2.74. The summed E-state index contributed by atoms with van der Waals surface area (Å²) in [7, 11) is 0. The number of rotatable bonds is 3. The minimum atomic E-state index is 0.0614. The molecule has 106 valence electrons. The Bertz CT molecular complexity index is 431. The molecule has 4 heteroatoms. The third-order valence-corrected chi connectivity index (χ3v) is 4.23. The van der Waals surface area contributed by atoms with Crippen LogP contribution in [0.25, 0.3) is 0 Å². The molecule has 0 spiro atoms. The molecule has 1 aliphatic carbocycles. The molecule has 0 aromatic carbocycles. The Kier molecular flexibility index (Phi) is 5.08.